The molecular formula is C24H48O2. The van der Waals surface area contributed by atoms with Crippen LogP contribution in [-0.4, -0.2) is 12.6 Å². The Morgan fingerprint density at radius 2 is 1.15 bits per heavy atom. The van der Waals surface area contributed by atoms with Gasteiger partial charge in [-0.3, -0.25) is 4.79 Å². The predicted octanol–water partition coefficient (Wildman–Crippen LogP) is 8.08. The van der Waals surface area contributed by atoms with Gasteiger partial charge >= 0.3 is 5.97 Å². The summed E-state index contributed by atoms with van der Waals surface area (Å²) < 4.78 is 5.69. The molecule has 2 heteroatoms. The summed E-state index contributed by atoms with van der Waals surface area (Å²) >= 11 is 0. The van der Waals surface area contributed by atoms with E-state index in [1.807, 2.05) is 0 Å². The molecule has 0 aliphatic carbocycles. The van der Waals surface area contributed by atoms with Crippen LogP contribution in [-0.2, 0) is 9.53 Å². The number of hydrogen-bond acceptors (Lipinski definition) is 2. The molecule has 2 nitrogen and oxygen atoms in total. The van der Waals surface area contributed by atoms with Crippen LogP contribution in [0.4, 0.5) is 0 Å². The van der Waals surface area contributed by atoms with Crippen LogP contribution in [0.3, 0.4) is 0 Å². The van der Waals surface area contributed by atoms with Gasteiger partial charge in [0.25, 0.3) is 0 Å². The predicted molar refractivity (Wildman–Crippen MR) is 115 cm³/mol. The molecule has 0 aromatic rings. The largest absolute Gasteiger partial charge is 0.465 e. The fourth-order valence-corrected chi connectivity index (χ4v) is 3.60. The standard InChI is InChI=1S/C24H48O2/c1-5-9-11-13-14-15-16-17-19-22(7-3)21-26-24(25)23(8-4)20-18-12-10-6-2/h22-23H,5-21H2,1-4H3. The lowest BCUT2D eigenvalue weighted by Gasteiger charge is -2.18. The minimum absolute atomic E-state index is 0.0540. The zero-order chi connectivity index (χ0) is 19.5. The molecule has 26 heavy (non-hydrogen) atoms. The average molecular weight is 369 g/mol. The Kier molecular flexibility index (Phi) is 18.8. The molecule has 0 saturated carbocycles. The molecule has 0 aromatic carbocycles. The van der Waals surface area contributed by atoms with Crippen LogP contribution in [0, 0.1) is 11.8 Å². The van der Waals surface area contributed by atoms with E-state index < -0.39 is 0 Å². The summed E-state index contributed by atoms with van der Waals surface area (Å²) in [6, 6.07) is 0. The highest BCUT2D eigenvalue weighted by molar-refractivity contribution is 5.72. The second-order valence-corrected chi connectivity index (χ2v) is 8.12. The Balaban J connectivity index is 3.81. The molecule has 0 aromatic heterocycles. The normalized spacial score (nSPS) is 13.5. The number of hydrogen-bond donors (Lipinski definition) is 0. The van der Waals surface area contributed by atoms with Gasteiger partial charge in [-0.1, -0.05) is 111 Å². The van der Waals surface area contributed by atoms with Crippen molar-refractivity contribution in [2.45, 2.75) is 130 Å². The van der Waals surface area contributed by atoms with Gasteiger partial charge in [-0.05, 0) is 25.2 Å². The van der Waals surface area contributed by atoms with Gasteiger partial charge in [-0.15, -0.1) is 0 Å². The number of unbranched alkanes of at least 4 members (excludes halogenated alkanes) is 10. The Morgan fingerprint density at radius 3 is 1.69 bits per heavy atom. The molecule has 0 aliphatic rings. The molecule has 0 fully saturated rings. The number of carbonyl (C=O) groups excluding carboxylic acids is 1. The first-order valence-corrected chi connectivity index (χ1v) is 11.9. The molecule has 0 saturated heterocycles. The van der Waals surface area contributed by atoms with E-state index in [0.717, 1.165) is 25.7 Å². The number of carbonyl (C=O) groups is 1. The highest BCUT2D eigenvalue weighted by atomic mass is 16.5. The van der Waals surface area contributed by atoms with Crippen molar-refractivity contribution in [3.05, 3.63) is 0 Å². The fraction of sp³-hybridized carbons (Fsp3) is 0.958. The summed E-state index contributed by atoms with van der Waals surface area (Å²) in [5, 5.41) is 0. The lowest BCUT2D eigenvalue weighted by Crippen LogP contribution is -2.21. The van der Waals surface area contributed by atoms with Gasteiger partial charge in [0.15, 0.2) is 0 Å². The minimum atomic E-state index is 0.0540. The van der Waals surface area contributed by atoms with E-state index >= 15 is 0 Å². The van der Waals surface area contributed by atoms with E-state index in [1.165, 1.54) is 77.0 Å². The van der Waals surface area contributed by atoms with Crippen LogP contribution in [0.2, 0.25) is 0 Å². The van der Waals surface area contributed by atoms with Crippen molar-refractivity contribution in [3.8, 4) is 0 Å². The molecule has 2 unspecified atom stereocenters. The third kappa shape index (κ3) is 14.6. The Morgan fingerprint density at radius 1 is 0.654 bits per heavy atom. The smallest absolute Gasteiger partial charge is 0.308 e. The first kappa shape index (κ1) is 25.5. The van der Waals surface area contributed by atoms with Gasteiger partial charge in [-0.2, -0.15) is 0 Å². The average Bonchev–Trinajstić information content (AvgIpc) is 2.66. The molecule has 0 bridgehead atoms. The molecule has 0 rings (SSSR count). The number of rotatable bonds is 19. The van der Waals surface area contributed by atoms with E-state index in [4.69, 9.17) is 4.74 Å². The van der Waals surface area contributed by atoms with E-state index in [9.17, 15) is 4.79 Å². The zero-order valence-corrected chi connectivity index (χ0v) is 18.5. The van der Waals surface area contributed by atoms with Crippen molar-refractivity contribution in [3.63, 3.8) is 0 Å². The lowest BCUT2D eigenvalue weighted by molar-refractivity contribution is -0.150. The molecule has 2 atom stereocenters. The first-order valence-electron chi connectivity index (χ1n) is 11.9. The molecule has 0 heterocycles. The fourth-order valence-electron chi connectivity index (χ4n) is 3.60. The number of esters is 1. The van der Waals surface area contributed by atoms with Crippen LogP contribution >= 0.6 is 0 Å². The van der Waals surface area contributed by atoms with Crippen molar-refractivity contribution in [1.29, 1.82) is 0 Å². The molecule has 0 radical (unpaired) electrons. The van der Waals surface area contributed by atoms with Crippen molar-refractivity contribution in [1.82, 2.24) is 0 Å². The second-order valence-electron chi connectivity index (χ2n) is 8.12. The third-order valence-electron chi connectivity index (χ3n) is 5.74. The van der Waals surface area contributed by atoms with E-state index in [0.29, 0.717) is 12.5 Å². The Bertz CT molecular complexity index is 301. The number of ether oxygens (including phenoxy) is 1. The van der Waals surface area contributed by atoms with E-state index in [-0.39, 0.29) is 11.9 Å². The SMILES string of the molecule is CCCCCCCCCCC(CC)COC(=O)C(CC)CCCCCC. The highest BCUT2D eigenvalue weighted by Gasteiger charge is 2.19. The van der Waals surface area contributed by atoms with Crippen LogP contribution in [0.25, 0.3) is 0 Å². The van der Waals surface area contributed by atoms with Crippen molar-refractivity contribution in [2.75, 3.05) is 6.61 Å². The zero-order valence-electron chi connectivity index (χ0n) is 18.5. The van der Waals surface area contributed by atoms with Crippen molar-refractivity contribution >= 4 is 5.97 Å². The van der Waals surface area contributed by atoms with Gasteiger partial charge in [0, 0.05) is 0 Å². The molecule has 0 spiro atoms. The monoisotopic (exact) mass is 368 g/mol. The molecule has 156 valence electrons. The van der Waals surface area contributed by atoms with Crippen molar-refractivity contribution in [2.24, 2.45) is 11.8 Å². The van der Waals surface area contributed by atoms with E-state index in [2.05, 4.69) is 27.7 Å². The third-order valence-corrected chi connectivity index (χ3v) is 5.74. The minimum Gasteiger partial charge on any atom is -0.465 e. The molecular weight excluding hydrogens is 320 g/mol. The summed E-state index contributed by atoms with van der Waals surface area (Å²) in [6.07, 6.45) is 20.1. The topological polar surface area (TPSA) is 26.3 Å². The summed E-state index contributed by atoms with van der Waals surface area (Å²) in [4.78, 5) is 12.3. The van der Waals surface area contributed by atoms with Crippen molar-refractivity contribution < 1.29 is 9.53 Å². The van der Waals surface area contributed by atoms with E-state index in [1.54, 1.807) is 0 Å². The Hall–Kier alpha value is -0.530. The van der Waals surface area contributed by atoms with Crippen LogP contribution < -0.4 is 0 Å². The van der Waals surface area contributed by atoms with Gasteiger partial charge < -0.3 is 4.74 Å². The molecule has 0 amide bonds. The summed E-state index contributed by atoms with van der Waals surface area (Å²) in [6.45, 7) is 9.47. The summed E-state index contributed by atoms with van der Waals surface area (Å²) in [5.74, 6) is 0.725. The maximum absolute atomic E-state index is 12.3. The van der Waals surface area contributed by atoms with Crippen LogP contribution in [0.5, 0.6) is 0 Å². The lowest BCUT2D eigenvalue weighted by atomic mass is 9.97. The van der Waals surface area contributed by atoms with Gasteiger partial charge in [0.05, 0.1) is 12.5 Å². The summed E-state index contributed by atoms with van der Waals surface area (Å²) in [5.41, 5.74) is 0. The first-order chi connectivity index (χ1) is 12.7. The highest BCUT2D eigenvalue weighted by Crippen LogP contribution is 2.19. The van der Waals surface area contributed by atoms with Gasteiger partial charge in [0.1, 0.15) is 0 Å². The second kappa shape index (κ2) is 19.2. The van der Waals surface area contributed by atoms with Crippen LogP contribution in [0.1, 0.15) is 130 Å². The molecule has 0 aliphatic heterocycles. The maximum Gasteiger partial charge on any atom is 0.308 e. The Labute approximate surface area is 164 Å². The summed E-state index contributed by atoms with van der Waals surface area (Å²) in [7, 11) is 0. The molecule has 0 N–H and O–H groups in total. The quantitative estimate of drug-likeness (QED) is 0.170. The van der Waals surface area contributed by atoms with Gasteiger partial charge in [-0.25, -0.2) is 0 Å². The van der Waals surface area contributed by atoms with Crippen LogP contribution in [0.15, 0.2) is 0 Å². The van der Waals surface area contributed by atoms with Gasteiger partial charge in [0.2, 0.25) is 0 Å². The maximum atomic E-state index is 12.3.